The van der Waals surface area contributed by atoms with E-state index < -0.39 is 11.8 Å². The lowest BCUT2D eigenvalue weighted by atomic mass is 10.1. The van der Waals surface area contributed by atoms with Crippen LogP contribution >= 0.6 is 0 Å². The van der Waals surface area contributed by atoms with Crippen molar-refractivity contribution < 1.29 is 24.1 Å². The van der Waals surface area contributed by atoms with Crippen LogP contribution in [0.2, 0.25) is 0 Å². The van der Waals surface area contributed by atoms with Crippen molar-refractivity contribution in [1.82, 2.24) is 0 Å². The molecule has 108 valence electrons. The third kappa shape index (κ3) is 3.90. The SMILES string of the molecule is O=C(O)/C=C/c1c(F)cccc1Oc1ccc(CO)cc1. The number of carbonyl (C=O) groups is 1. The molecule has 0 aliphatic rings. The zero-order chi connectivity index (χ0) is 15.2. The summed E-state index contributed by atoms with van der Waals surface area (Å²) < 4.78 is 19.3. The van der Waals surface area contributed by atoms with Gasteiger partial charge in [0.2, 0.25) is 0 Å². The summed E-state index contributed by atoms with van der Waals surface area (Å²) in [5.41, 5.74) is 0.790. The number of carboxylic acid groups (broad SMARTS) is 1. The second-order valence-electron chi connectivity index (χ2n) is 4.23. The van der Waals surface area contributed by atoms with Gasteiger partial charge in [-0.25, -0.2) is 9.18 Å². The van der Waals surface area contributed by atoms with Gasteiger partial charge >= 0.3 is 5.97 Å². The van der Waals surface area contributed by atoms with Crippen molar-refractivity contribution in [3.05, 3.63) is 65.5 Å². The van der Waals surface area contributed by atoms with Crippen LogP contribution in [0.15, 0.2) is 48.5 Å². The van der Waals surface area contributed by atoms with E-state index in [-0.39, 0.29) is 17.9 Å². The second-order valence-corrected chi connectivity index (χ2v) is 4.23. The van der Waals surface area contributed by atoms with Crippen molar-refractivity contribution in [3.63, 3.8) is 0 Å². The minimum absolute atomic E-state index is 0.0612. The standard InChI is InChI=1S/C16H13FO4/c17-14-2-1-3-15(13(14)8-9-16(19)20)21-12-6-4-11(10-18)5-7-12/h1-9,18H,10H2,(H,19,20)/b9-8+. The molecule has 0 spiro atoms. The Hall–Kier alpha value is -2.66. The fraction of sp³-hybridized carbons (Fsp3) is 0.0625. The van der Waals surface area contributed by atoms with Crippen LogP contribution in [-0.2, 0) is 11.4 Å². The molecule has 2 N–H and O–H groups in total. The summed E-state index contributed by atoms with van der Waals surface area (Å²) in [4.78, 5) is 10.6. The lowest BCUT2D eigenvalue weighted by Crippen LogP contribution is -1.93. The molecule has 0 atom stereocenters. The van der Waals surface area contributed by atoms with Gasteiger partial charge in [-0.1, -0.05) is 18.2 Å². The van der Waals surface area contributed by atoms with Crippen molar-refractivity contribution >= 4 is 12.0 Å². The summed E-state index contributed by atoms with van der Waals surface area (Å²) in [6.45, 7) is -0.0765. The largest absolute Gasteiger partial charge is 0.478 e. The highest BCUT2D eigenvalue weighted by atomic mass is 19.1. The van der Waals surface area contributed by atoms with Crippen molar-refractivity contribution in [1.29, 1.82) is 0 Å². The third-order valence-electron chi connectivity index (χ3n) is 2.74. The monoisotopic (exact) mass is 288 g/mol. The van der Waals surface area contributed by atoms with E-state index in [0.29, 0.717) is 5.75 Å². The molecule has 2 rings (SSSR count). The maximum absolute atomic E-state index is 13.8. The first-order valence-electron chi connectivity index (χ1n) is 6.17. The van der Waals surface area contributed by atoms with Crippen molar-refractivity contribution in [3.8, 4) is 11.5 Å². The molecule has 0 saturated carbocycles. The van der Waals surface area contributed by atoms with Gasteiger partial charge < -0.3 is 14.9 Å². The lowest BCUT2D eigenvalue weighted by Gasteiger charge is -2.10. The number of benzene rings is 2. The van der Waals surface area contributed by atoms with E-state index in [0.717, 1.165) is 17.7 Å². The Morgan fingerprint density at radius 2 is 1.90 bits per heavy atom. The molecule has 2 aromatic rings. The zero-order valence-electron chi connectivity index (χ0n) is 11.0. The summed E-state index contributed by atoms with van der Waals surface area (Å²) in [5, 5.41) is 17.6. The van der Waals surface area contributed by atoms with Gasteiger partial charge in [-0.05, 0) is 35.9 Å². The van der Waals surface area contributed by atoms with Crippen LogP contribution in [0.1, 0.15) is 11.1 Å². The van der Waals surface area contributed by atoms with Crippen LogP contribution in [0, 0.1) is 5.82 Å². The fourth-order valence-electron chi connectivity index (χ4n) is 1.71. The van der Waals surface area contributed by atoms with Crippen LogP contribution in [0.4, 0.5) is 4.39 Å². The van der Waals surface area contributed by atoms with E-state index in [1.54, 1.807) is 30.3 Å². The second kappa shape index (κ2) is 6.67. The van der Waals surface area contributed by atoms with Crippen LogP contribution in [0.25, 0.3) is 6.08 Å². The molecule has 2 aromatic carbocycles. The van der Waals surface area contributed by atoms with E-state index in [1.165, 1.54) is 12.1 Å². The molecule has 0 aliphatic heterocycles. The van der Waals surface area contributed by atoms with Gasteiger partial charge in [0.25, 0.3) is 0 Å². The van der Waals surface area contributed by atoms with Crippen molar-refractivity contribution in [2.45, 2.75) is 6.61 Å². The summed E-state index contributed by atoms with van der Waals surface area (Å²) >= 11 is 0. The van der Waals surface area contributed by atoms with Crippen molar-refractivity contribution in [2.24, 2.45) is 0 Å². The summed E-state index contributed by atoms with van der Waals surface area (Å²) in [6, 6.07) is 10.9. The molecule has 0 unspecified atom stereocenters. The minimum Gasteiger partial charge on any atom is -0.478 e. The Balaban J connectivity index is 2.30. The van der Waals surface area contributed by atoms with E-state index in [2.05, 4.69) is 0 Å². The number of aliphatic hydroxyl groups is 1. The Kier molecular flexibility index (Phi) is 4.68. The molecule has 21 heavy (non-hydrogen) atoms. The zero-order valence-corrected chi connectivity index (χ0v) is 11.0. The molecule has 0 bridgehead atoms. The Labute approximate surface area is 120 Å². The molecule has 0 radical (unpaired) electrons. The smallest absolute Gasteiger partial charge is 0.328 e. The Morgan fingerprint density at radius 3 is 2.52 bits per heavy atom. The number of hydrogen-bond acceptors (Lipinski definition) is 3. The fourth-order valence-corrected chi connectivity index (χ4v) is 1.71. The maximum Gasteiger partial charge on any atom is 0.328 e. The number of ether oxygens (including phenoxy) is 1. The number of hydrogen-bond donors (Lipinski definition) is 2. The minimum atomic E-state index is -1.17. The Bertz CT molecular complexity index is 662. The molecule has 0 fully saturated rings. The average Bonchev–Trinajstić information content (AvgIpc) is 2.47. The van der Waals surface area contributed by atoms with Gasteiger partial charge in [0.15, 0.2) is 0 Å². The average molecular weight is 288 g/mol. The van der Waals surface area contributed by atoms with E-state index in [4.69, 9.17) is 14.9 Å². The predicted octanol–water partition coefficient (Wildman–Crippen LogP) is 3.21. The summed E-state index contributed by atoms with van der Waals surface area (Å²) in [6.07, 6.45) is 2.00. The highest BCUT2D eigenvalue weighted by Crippen LogP contribution is 2.28. The van der Waals surface area contributed by atoms with Crippen LogP contribution < -0.4 is 4.74 Å². The predicted molar refractivity (Wildman–Crippen MR) is 75.5 cm³/mol. The van der Waals surface area contributed by atoms with Gasteiger partial charge in [-0.2, -0.15) is 0 Å². The van der Waals surface area contributed by atoms with Crippen molar-refractivity contribution in [2.75, 3.05) is 0 Å². The van der Waals surface area contributed by atoms with Gasteiger partial charge in [0.1, 0.15) is 17.3 Å². The normalized spacial score (nSPS) is 10.8. The number of halogens is 1. The first kappa shape index (κ1) is 14.7. The number of aliphatic carboxylic acids is 1. The quantitative estimate of drug-likeness (QED) is 0.829. The molecule has 5 heteroatoms. The van der Waals surface area contributed by atoms with Gasteiger partial charge in [0, 0.05) is 6.08 Å². The maximum atomic E-state index is 13.8. The molecule has 4 nitrogen and oxygen atoms in total. The molecular weight excluding hydrogens is 275 g/mol. The Morgan fingerprint density at radius 1 is 1.19 bits per heavy atom. The van der Waals surface area contributed by atoms with Crippen LogP contribution in [-0.4, -0.2) is 16.2 Å². The topological polar surface area (TPSA) is 66.8 Å². The van der Waals surface area contributed by atoms with Crippen LogP contribution in [0.5, 0.6) is 11.5 Å². The number of aliphatic hydroxyl groups excluding tert-OH is 1. The number of rotatable bonds is 5. The summed E-state index contributed by atoms with van der Waals surface area (Å²) in [7, 11) is 0. The molecule has 0 heterocycles. The lowest BCUT2D eigenvalue weighted by molar-refractivity contribution is -0.131. The first-order valence-corrected chi connectivity index (χ1v) is 6.17. The molecule has 0 saturated heterocycles. The van der Waals surface area contributed by atoms with E-state index >= 15 is 0 Å². The highest BCUT2D eigenvalue weighted by molar-refractivity contribution is 5.86. The molecule has 0 aromatic heterocycles. The summed E-state index contributed by atoms with van der Waals surface area (Å²) in [5.74, 6) is -1.07. The first-order chi connectivity index (χ1) is 10.1. The van der Waals surface area contributed by atoms with E-state index in [1.807, 2.05) is 0 Å². The third-order valence-corrected chi connectivity index (χ3v) is 2.74. The van der Waals surface area contributed by atoms with Gasteiger partial charge in [0.05, 0.1) is 12.2 Å². The molecule has 0 aliphatic carbocycles. The van der Waals surface area contributed by atoms with Gasteiger partial charge in [-0.3, -0.25) is 0 Å². The van der Waals surface area contributed by atoms with E-state index in [9.17, 15) is 9.18 Å². The van der Waals surface area contributed by atoms with Crippen LogP contribution in [0.3, 0.4) is 0 Å². The molecular formula is C16H13FO4. The van der Waals surface area contributed by atoms with Gasteiger partial charge in [-0.15, -0.1) is 0 Å². The number of carboxylic acids is 1. The molecule has 0 amide bonds. The highest BCUT2D eigenvalue weighted by Gasteiger charge is 2.08.